The Bertz CT molecular complexity index is 357. The Morgan fingerprint density at radius 1 is 1.17 bits per heavy atom. The topological polar surface area (TPSA) is 49.4 Å². The summed E-state index contributed by atoms with van der Waals surface area (Å²) in [5.74, 6) is 1.06. The first-order chi connectivity index (χ1) is 8.49. The molecule has 0 bridgehead atoms. The summed E-state index contributed by atoms with van der Waals surface area (Å²) in [6, 6.07) is 0.309. The van der Waals surface area contributed by atoms with Gasteiger partial charge in [-0.05, 0) is 50.6 Å². The van der Waals surface area contributed by atoms with Crippen LogP contribution in [0.3, 0.4) is 0 Å². The fourth-order valence-corrected chi connectivity index (χ4v) is 4.82. The van der Waals surface area contributed by atoms with E-state index in [0.717, 1.165) is 45.3 Å². The maximum atomic E-state index is 12.4. The minimum atomic E-state index is -3.04. The van der Waals surface area contributed by atoms with Crippen LogP contribution in [-0.2, 0) is 10.0 Å². The number of hydrogen-bond donors (Lipinski definition) is 1. The van der Waals surface area contributed by atoms with Gasteiger partial charge in [0.05, 0.1) is 5.75 Å². The van der Waals surface area contributed by atoms with Crippen LogP contribution in [0.25, 0.3) is 0 Å². The van der Waals surface area contributed by atoms with Crippen molar-refractivity contribution in [2.45, 2.75) is 45.6 Å². The van der Waals surface area contributed by atoms with Crippen LogP contribution in [-0.4, -0.2) is 44.2 Å². The average Bonchev–Trinajstić information content (AvgIpc) is 3.09. The van der Waals surface area contributed by atoms with Gasteiger partial charge in [0.25, 0.3) is 0 Å². The van der Waals surface area contributed by atoms with E-state index in [1.807, 2.05) is 18.2 Å². The van der Waals surface area contributed by atoms with E-state index in [4.69, 9.17) is 0 Å². The van der Waals surface area contributed by atoms with Crippen LogP contribution in [0.15, 0.2) is 0 Å². The first-order valence-electron chi connectivity index (χ1n) is 7.19. The zero-order chi connectivity index (χ0) is 13.2. The number of piperidine rings is 1. The summed E-state index contributed by atoms with van der Waals surface area (Å²) in [6.45, 7) is 6.78. The highest BCUT2D eigenvalue weighted by atomic mass is 32.2. The van der Waals surface area contributed by atoms with Crippen LogP contribution in [0.1, 0.15) is 39.5 Å². The predicted octanol–water partition coefficient (Wildman–Crippen LogP) is 1.44. The van der Waals surface area contributed by atoms with E-state index in [9.17, 15) is 8.42 Å². The van der Waals surface area contributed by atoms with Crippen molar-refractivity contribution in [3.8, 4) is 0 Å². The summed E-state index contributed by atoms with van der Waals surface area (Å²) in [5, 5.41) is 3.34. The molecule has 1 aliphatic carbocycles. The van der Waals surface area contributed by atoms with Crippen LogP contribution < -0.4 is 5.32 Å². The number of sulfonamides is 1. The molecule has 1 aliphatic heterocycles. The van der Waals surface area contributed by atoms with Gasteiger partial charge in [-0.25, -0.2) is 8.42 Å². The molecule has 0 unspecified atom stereocenters. The minimum absolute atomic E-state index is 0.212. The predicted molar refractivity (Wildman–Crippen MR) is 73.9 cm³/mol. The molecule has 0 spiro atoms. The lowest BCUT2D eigenvalue weighted by Crippen LogP contribution is -2.42. The van der Waals surface area contributed by atoms with Crippen LogP contribution in [0.2, 0.25) is 0 Å². The Balaban J connectivity index is 1.98. The lowest BCUT2D eigenvalue weighted by Gasteiger charge is -2.30. The molecule has 0 aromatic carbocycles. The molecule has 4 nitrogen and oxygen atoms in total. The van der Waals surface area contributed by atoms with Crippen molar-refractivity contribution in [3.05, 3.63) is 0 Å². The summed E-state index contributed by atoms with van der Waals surface area (Å²) in [6.07, 6.45) is 4.34. The van der Waals surface area contributed by atoms with Crippen molar-refractivity contribution in [2.75, 3.05) is 25.4 Å². The van der Waals surface area contributed by atoms with Crippen molar-refractivity contribution < 1.29 is 8.42 Å². The maximum Gasteiger partial charge on any atom is 0.214 e. The number of hydrogen-bond acceptors (Lipinski definition) is 3. The molecule has 0 atom stereocenters. The summed E-state index contributed by atoms with van der Waals surface area (Å²) < 4.78 is 26.6. The van der Waals surface area contributed by atoms with Crippen molar-refractivity contribution in [1.82, 2.24) is 9.62 Å². The van der Waals surface area contributed by atoms with Gasteiger partial charge in [-0.1, -0.05) is 13.8 Å². The van der Waals surface area contributed by atoms with E-state index in [2.05, 4.69) is 5.32 Å². The molecule has 1 saturated carbocycles. The molecule has 5 heteroatoms. The SMILES string of the molecule is CC(C)CS(=O)(=O)N(CC1CCNCC1)C1CC1. The Labute approximate surface area is 111 Å². The van der Waals surface area contributed by atoms with Crippen LogP contribution in [0.5, 0.6) is 0 Å². The molecule has 0 aromatic rings. The molecule has 2 rings (SSSR count). The highest BCUT2D eigenvalue weighted by Gasteiger charge is 2.38. The van der Waals surface area contributed by atoms with Gasteiger partial charge >= 0.3 is 0 Å². The number of nitrogens with one attached hydrogen (secondary N) is 1. The second kappa shape index (κ2) is 5.88. The van der Waals surface area contributed by atoms with Gasteiger partial charge in [0.2, 0.25) is 10.0 Å². The molecule has 1 heterocycles. The number of nitrogens with zero attached hydrogens (tertiary/aromatic N) is 1. The van der Waals surface area contributed by atoms with Crippen LogP contribution >= 0.6 is 0 Å². The smallest absolute Gasteiger partial charge is 0.214 e. The molecule has 106 valence electrons. The Morgan fingerprint density at radius 2 is 1.78 bits per heavy atom. The Morgan fingerprint density at radius 3 is 2.28 bits per heavy atom. The van der Waals surface area contributed by atoms with Gasteiger partial charge in [-0.15, -0.1) is 0 Å². The second-order valence-corrected chi connectivity index (χ2v) is 8.13. The average molecular weight is 274 g/mol. The van der Waals surface area contributed by atoms with Crippen molar-refractivity contribution in [1.29, 1.82) is 0 Å². The van der Waals surface area contributed by atoms with E-state index < -0.39 is 10.0 Å². The fraction of sp³-hybridized carbons (Fsp3) is 1.00. The van der Waals surface area contributed by atoms with E-state index in [1.54, 1.807) is 0 Å². The zero-order valence-electron chi connectivity index (χ0n) is 11.6. The minimum Gasteiger partial charge on any atom is -0.317 e. The van der Waals surface area contributed by atoms with Crippen molar-refractivity contribution >= 4 is 10.0 Å². The molecule has 0 amide bonds. The molecule has 2 fully saturated rings. The number of rotatable bonds is 6. The second-order valence-electron chi connectivity index (χ2n) is 6.17. The molecule has 0 aromatic heterocycles. The van der Waals surface area contributed by atoms with E-state index >= 15 is 0 Å². The highest BCUT2D eigenvalue weighted by Crippen LogP contribution is 2.32. The summed E-state index contributed by atoms with van der Waals surface area (Å²) >= 11 is 0. The molecule has 0 radical (unpaired) electrons. The Hall–Kier alpha value is -0.130. The van der Waals surface area contributed by atoms with Gasteiger partial charge in [-0.3, -0.25) is 0 Å². The monoisotopic (exact) mass is 274 g/mol. The molecule has 18 heavy (non-hydrogen) atoms. The summed E-state index contributed by atoms with van der Waals surface area (Å²) in [5.41, 5.74) is 0. The van der Waals surface area contributed by atoms with Gasteiger partial charge in [-0.2, -0.15) is 4.31 Å². The normalized spacial score (nSPS) is 22.9. The third-order valence-corrected chi connectivity index (χ3v) is 6.00. The lowest BCUT2D eigenvalue weighted by atomic mass is 9.98. The standard InChI is InChI=1S/C13H26N2O2S/c1-11(2)10-18(16,17)15(13-3-4-13)9-12-5-7-14-8-6-12/h11-14H,3-10H2,1-2H3. The zero-order valence-corrected chi connectivity index (χ0v) is 12.4. The maximum absolute atomic E-state index is 12.4. The summed E-state index contributed by atoms with van der Waals surface area (Å²) in [4.78, 5) is 0. The quantitative estimate of drug-likeness (QED) is 0.797. The lowest BCUT2D eigenvalue weighted by molar-refractivity contribution is 0.282. The van der Waals surface area contributed by atoms with E-state index in [0.29, 0.717) is 17.7 Å². The molecule has 1 saturated heterocycles. The van der Waals surface area contributed by atoms with E-state index in [-0.39, 0.29) is 5.92 Å². The van der Waals surface area contributed by atoms with Gasteiger partial charge in [0, 0.05) is 12.6 Å². The third-order valence-electron chi connectivity index (χ3n) is 3.75. The first kappa shape index (κ1) is 14.3. The highest BCUT2D eigenvalue weighted by molar-refractivity contribution is 7.89. The first-order valence-corrected chi connectivity index (χ1v) is 8.80. The van der Waals surface area contributed by atoms with Gasteiger partial charge < -0.3 is 5.32 Å². The van der Waals surface area contributed by atoms with Crippen LogP contribution in [0, 0.1) is 11.8 Å². The van der Waals surface area contributed by atoms with Gasteiger partial charge in [0.1, 0.15) is 0 Å². The van der Waals surface area contributed by atoms with Crippen molar-refractivity contribution in [2.24, 2.45) is 11.8 Å². The van der Waals surface area contributed by atoms with E-state index in [1.165, 1.54) is 0 Å². The fourth-order valence-electron chi connectivity index (χ4n) is 2.69. The third kappa shape index (κ3) is 3.93. The molecular formula is C13H26N2O2S. The van der Waals surface area contributed by atoms with Crippen molar-refractivity contribution in [3.63, 3.8) is 0 Å². The molecule has 1 N–H and O–H groups in total. The summed E-state index contributed by atoms with van der Waals surface area (Å²) in [7, 11) is -3.04. The molecule has 2 aliphatic rings. The van der Waals surface area contributed by atoms with Gasteiger partial charge in [0.15, 0.2) is 0 Å². The Kier molecular flexibility index (Phi) is 4.67. The molecular weight excluding hydrogens is 248 g/mol. The largest absolute Gasteiger partial charge is 0.317 e. The van der Waals surface area contributed by atoms with Crippen LogP contribution in [0.4, 0.5) is 0 Å².